The Kier molecular flexibility index (Phi) is 5.83. The zero-order valence-corrected chi connectivity index (χ0v) is 13.2. The Bertz CT molecular complexity index is 480. The second-order valence-electron chi connectivity index (χ2n) is 5.27. The lowest BCUT2D eigenvalue weighted by atomic mass is 9.83. The van der Waals surface area contributed by atoms with Crippen LogP contribution >= 0.6 is 11.6 Å². The predicted molar refractivity (Wildman–Crippen MR) is 85.6 cm³/mol. The molecule has 3 nitrogen and oxygen atoms in total. The minimum atomic E-state index is -0.192. The third kappa shape index (κ3) is 3.86. The summed E-state index contributed by atoms with van der Waals surface area (Å²) in [5.41, 5.74) is 1.00. The molecule has 1 aromatic rings. The van der Waals surface area contributed by atoms with Crippen molar-refractivity contribution in [2.75, 3.05) is 26.3 Å². The van der Waals surface area contributed by atoms with Crippen LogP contribution < -0.4 is 0 Å². The molecule has 0 N–H and O–H groups in total. The number of carbonyl (C=O) groups is 1. The summed E-state index contributed by atoms with van der Waals surface area (Å²) in [6.07, 6.45) is 2.77. The summed E-state index contributed by atoms with van der Waals surface area (Å²) in [5.74, 6) is 0.0942. The van der Waals surface area contributed by atoms with Crippen LogP contribution in [0.1, 0.15) is 24.8 Å². The molecule has 0 radical (unpaired) electrons. The number of carbonyl (C=O) groups excluding carboxylic acids is 1. The second-order valence-corrected chi connectivity index (χ2v) is 5.71. The number of benzene rings is 1. The van der Waals surface area contributed by atoms with Crippen molar-refractivity contribution in [2.24, 2.45) is 5.92 Å². The predicted octanol–water partition coefficient (Wildman–Crippen LogP) is 3.49. The number of hydrogen-bond acceptors (Lipinski definition) is 2. The van der Waals surface area contributed by atoms with Gasteiger partial charge >= 0.3 is 0 Å². The smallest absolute Gasteiger partial charge is 0.230 e. The van der Waals surface area contributed by atoms with Crippen LogP contribution in [0.25, 0.3) is 0 Å². The first kappa shape index (κ1) is 16.1. The van der Waals surface area contributed by atoms with E-state index >= 15 is 0 Å². The number of nitrogens with zero attached hydrogens (tertiary/aromatic N) is 1. The molecule has 0 bridgehead atoms. The minimum absolute atomic E-state index is 0.126. The van der Waals surface area contributed by atoms with E-state index in [0.29, 0.717) is 31.3 Å². The van der Waals surface area contributed by atoms with Gasteiger partial charge in [0.25, 0.3) is 0 Å². The van der Waals surface area contributed by atoms with Crippen LogP contribution in [0.2, 0.25) is 5.02 Å². The van der Waals surface area contributed by atoms with Gasteiger partial charge in [0.15, 0.2) is 0 Å². The molecule has 1 saturated heterocycles. The van der Waals surface area contributed by atoms with Gasteiger partial charge in [-0.3, -0.25) is 4.79 Å². The van der Waals surface area contributed by atoms with Gasteiger partial charge in [0.05, 0.1) is 19.1 Å². The zero-order chi connectivity index (χ0) is 15.2. The third-order valence-corrected chi connectivity index (χ3v) is 4.27. The van der Waals surface area contributed by atoms with E-state index in [4.69, 9.17) is 16.3 Å². The molecule has 1 fully saturated rings. The summed E-state index contributed by atoms with van der Waals surface area (Å²) in [7, 11) is 0. The van der Waals surface area contributed by atoms with Gasteiger partial charge in [-0.15, -0.1) is 6.58 Å². The number of amides is 1. The Morgan fingerprint density at radius 1 is 1.38 bits per heavy atom. The molecule has 1 aliphatic heterocycles. The largest absolute Gasteiger partial charge is 0.378 e. The normalized spacial score (nSPS) is 18.1. The van der Waals surface area contributed by atoms with Crippen LogP contribution in [0.3, 0.4) is 0 Å². The van der Waals surface area contributed by atoms with E-state index in [1.54, 1.807) is 0 Å². The molecule has 0 aromatic heterocycles. The quantitative estimate of drug-likeness (QED) is 0.779. The van der Waals surface area contributed by atoms with E-state index in [-0.39, 0.29) is 17.7 Å². The van der Waals surface area contributed by atoms with Crippen molar-refractivity contribution >= 4 is 17.5 Å². The average molecular weight is 308 g/mol. The SMILES string of the molecule is C=C[C@@H](CC)[C@H](C(=O)N1CCOCC1)c1ccc(Cl)cc1. The first-order valence-corrected chi connectivity index (χ1v) is 7.79. The van der Waals surface area contributed by atoms with E-state index in [0.717, 1.165) is 12.0 Å². The maximum atomic E-state index is 12.9. The highest BCUT2D eigenvalue weighted by Crippen LogP contribution is 2.31. The summed E-state index contributed by atoms with van der Waals surface area (Å²) in [6.45, 7) is 8.54. The fraction of sp³-hybridized carbons (Fsp3) is 0.471. The molecule has 0 saturated carbocycles. The molecular weight excluding hydrogens is 286 g/mol. The molecule has 2 atom stereocenters. The molecule has 0 aliphatic carbocycles. The molecular formula is C17H22ClNO2. The van der Waals surface area contributed by atoms with Crippen molar-refractivity contribution in [1.29, 1.82) is 0 Å². The molecule has 1 aliphatic rings. The van der Waals surface area contributed by atoms with Gasteiger partial charge in [-0.1, -0.05) is 36.7 Å². The molecule has 1 amide bonds. The van der Waals surface area contributed by atoms with Crippen LogP contribution in [0.4, 0.5) is 0 Å². The van der Waals surface area contributed by atoms with Crippen LogP contribution in [-0.2, 0) is 9.53 Å². The Balaban J connectivity index is 2.28. The van der Waals surface area contributed by atoms with E-state index in [1.807, 2.05) is 35.2 Å². The maximum absolute atomic E-state index is 12.9. The van der Waals surface area contributed by atoms with Gasteiger partial charge in [0.2, 0.25) is 5.91 Å². The number of hydrogen-bond donors (Lipinski definition) is 0. The standard InChI is InChI=1S/C17H22ClNO2/c1-3-13(4-2)16(14-5-7-15(18)8-6-14)17(20)19-9-11-21-12-10-19/h3,5-8,13,16H,1,4,9-12H2,2H3/t13-,16-/m0/s1. The first-order valence-electron chi connectivity index (χ1n) is 7.42. The molecule has 114 valence electrons. The summed E-state index contributed by atoms with van der Waals surface area (Å²) in [5, 5.41) is 0.683. The molecule has 4 heteroatoms. The molecule has 0 unspecified atom stereocenters. The zero-order valence-electron chi connectivity index (χ0n) is 12.4. The molecule has 0 spiro atoms. The van der Waals surface area contributed by atoms with Crippen LogP contribution in [0, 0.1) is 5.92 Å². The topological polar surface area (TPSA) is 29.5 Å². The Hall–Kier alpha value is -1.32. The van der Waals surface area contributed by atoms with Crippen molar-refractivity contribution in [3.05, 3.63) is 47.5 Å². The average Bonchev–Trinajstić information content (AvgIpc) is 2.54. The van der Waals surface area contributed by atoms with E-state index < -0.39 is 0 Å². The summed E-state index contributed by atoms with van der Waals surface area (Å²) in [6, 6.07) is 7.56. The molecule has 1 heterocycles. The number of halogens is 1. The highest BCUT2D eigenvalue weighted by Gasteiger charge is 2.31. The highest BCUT2D eigenvalue weighted by atomic mass is 35.5. The Labute approximate surface area is 131 Å². The monoisotopic (exact) mass is 307 g/mol. The third-order valence-electron chi connectivity index (χ3n) is 4.02. The van der Waals surface area contributed by atoms with Crippen LogP contribution in [0.5, 0.6) is 0 Å². The van der Waals surface area contributed by atoms with Crippen molar-refractivity contribution in [3.8, 4) is 0 Å². The molecule has 1 aromatic carbocycles. The lowest BCUT2D eigenvalue weighted by Gasteiger charge is -2.33. The Morgan fingerprint density at radius 3 is 2.52 bits per heavy atom. The van der Waals surface area contributed by atoms with Gasteiger partial charge in [0.1, 0.15) is 0 Å². The van der Waals surface area contributed by atoms with Crippen molar-refractivity contribution < 1.29 is 9.53 Å². The van der Waals surface area contributed by atoms with E-state index in [9.17, 15) is 4.79 Å². The number of allylic oxidation sites excluding steroid dienone is 1. The first-order chi connectivity index (χ1) is 10.2. The summed E-state index contributed by atoms with van der Waals surface area (Å²) >= 11 is 5.96. The molecule has 21 heavy (non-hydrogen) atoms. The van der Waals surface area contributed by atoms with E-state index in [2.05, 4.69) is 13.5 Å². The lowest BCUT2D eigenvalue weighted by Crippen LogP contribution is -2.44. The maximum Gasteiger partial charge on any atom is 0.230 e. The van der Waals surface area contributed by atoms with Gasteiger partial charge < -0.3 is 9.64 Å². The fourth-order valence-corrected chi connectivity index (χ4v) is 2.89. The van der Waals surface area contributed by atoms with Crippen molar-refractivity contribution in [1.82, 2.24) is 4.90 Å². The fourth-order valence-electron chi connectivity index (χ4n) is 2.76. The van der Waals surface area contributed by atoms with E-state index in [1.165, 1.54) is 0 Å². The highest BCUT2D eigenvalue weighted by molar-refractivity contribution is 6.30. The van der Waals surface area contributed by atoms with Crippen molar-refractivity contribution in [3.63, 3.8) is 0 Å². The van der Waals surface area contributed by atoms with Gasteiger partial charge in [0, 0.05) is 18.1 Å². The number of morpholine rings is 1. The lowest BCUT2D eigenvalue weighted by molar-refractivity contribution is -0.137. The van der Waals surface area contributed by atoms with Gasteiger partial charge in [-0.2, -0.15) is 0 Å². The van der Waals surface area contributed by atoms with Gasteiger partial charge in [-0.25, -0.2) is 0 Å². The summed E-state index contributed by atoms with van der Waals surface area (Å²) < 4.78 is 5.33. The van der Waals surface area contributed by atoms with Crippen molar-refractivity contribution in [2.45, 2.75) is 19.3 Å². The van der Waals surface area contributed by atoms with Crippen LogP contribution in [-0.4, -0.2) is 37.1 Å². The van der Waals surface area contributed by atoms with Gasteiger partial charge in [-0.05, 0) is 30.0 Å². The minimum Gasteiger partial charge on any atom is -0.378 e. The number of ether oxygens (including phenoxy) is 1. The van der Waals surface area contributed by atoms with Crippen LogP contribution in [0.15, 0.2) is 36.9 Å². The Morgan fingerprint density at radius 2 is 2.00 bits per heavy atom. The molecule has 2 rings (SSSR count). The second kappa shape index (κ2) is 7.62. The summed E-state index contributed by atoms with van der Waals surface area (Å²) in [4.78, 5) is 14.8. The number of rotatable bonds is 5.